The van der Waals surface area contributed by atoms with Crippen LogP contribution in [0.3, 0.4) is 0 Å². The third kappa shape index (κ3) is 2.66. The number of ether oxygens (including phenoxy) is 1. The summed E-state index contributed by atoms with van der Waals surface area (Å²) in [6.45, 7) is 1.49. The standard InChI is InChI=1S/C8H13FO5S/c1-2-14-7(10)6(9)8(11)3-4-15(12,13)5-8/h6,11H,2-5H2,1H3. The van der Waals surface area contributed by atoms with Crippen LogP contribution in [0.4, 0.5) is 4.39 Å². The summed E-state index contributed by atoms with van der Waals surface area (Å²) in [6, 6.07) is 0. The van der Waals surface area contributed by atoms with Crippen molar-refractivity contribution in [2.75, 3.05) is 18.1 Å². The minimum absolute atomic E-state index is 0.0118. The lowest BCUT2D eigenvalue weighted by atomic mass is 9.97. The Labute approximate surface area is 87.1 Å². The summed E-state index contributed by atoms with van der Waals surface area (Å²) < 4.78 is 39.9. The van der Waals surface area contributed by atoms with E-state index in [4.69, 9.17) is 0 Å². The Morgan fingerprint density at radius 2 is 2.27 bits per heavy atom. The highest BCUT2D eigenvalue weighted by atomic mass is 32.2. The van der Waals surface area contributed by atoms with E-state index in [1.54, 1.807) is 0 Å². The van der Waals surface area contributed by atoms with Crippen molar-refractivity contribution in [1.82, 2.24) is 0 Å². The van der Waals surface area contributed by atoms with Crippen molar-refractivity contribution in [2.45, 2.75) is 25.1 Å². The van der Waals surface area contributed by atoms with Crippen molar-refractivity contribution in [3.63, 3.8) is 0 Å². The van der Waals surface area contributed by atoms with Crippen LogP contribution >= 0.6 is 0 Å². The average Bonchev–Trinajstić information content (AvgIpc) is 2.41. The molecule has 15 heavy (non-hydrogen) atoms. The Hall–Kier alpha value is -0.690. The van der Waals surface area contributed by atoms with Crippen molar-refractivity contribution in [3.8, 4) is 0 Å². The topological polar surface area (TPSA) is 80.7 Å². The number of carbonyl (C=O) groups is 1. The fourth-order valence-electron chi connectivity index (χ4n) is 1.49. The molecule has 0 saturated carbocycles. The Morgan fingerprint density at radius 3 is 2.67 bits per heavy atom. The van der Waals surface area contributed by atoms with Crippen LogP contribution in [0, 0.1) is 0 Å². The molecule has 0 aromatic rings. The van der Waals surface area contributed by atoms with Crippen LogP contribution in [0.2, 0.25) is 0 Å². The molecule has 0 aromatic heterocycles. The molecule has 0 aliphatic carbocycles. The zero-order valence-corrected chi connectivity index (χ0v) is 9.09. The molecule has 1 N–H and O–H groups in total. The van der Waals surface area contributed by atoms with E-state index in [1.807, 2.05) is 0 Å². The van der Waals surface area contributed by atoms with Gasteiger partial charge >= 0.3 is 5.97 Å². The second-order valence-electron chi connectivity index (χ2n) is 3.56. The number of hydrogen-bond acceptors (Lipinski definition) is 5. The molecule has 1 heterocycles. The molecule has 88 valence electrons. The van der Waals surface area contributed by atoms with E-state index >= 15 is 0 Å². The third-order valence-electron chi connectivity index (χ3n) is 2.28. The maximum Gasteiger partial charge on any atom is 0.343 e. The van der Waals surface area contributed by atoms with Gasteiger partial charge in [0, 0.05) is 0 Å². The van der Waals surface area contributed by atoms with Crippen molar-refractivity contribution in [3.05, 3.63) is 0 Å². The van der Waals surface area contributed by atoms with E-state index in [9.17, 15) is 22.7 Å². The van der Waals surface area contributed by atoms with Crippen LogP contribution in [0.25, 0.3) is 0 Å². The van der Waals surface area contributed by atoms with Crippen molar-refractivity contribution >= 4 is 15.8 Å². The molecule has 5 nitrogen and oxygen atoms in total. The van der Waals surface area contributed by atoms with Gasteiger partial charge in [0.05, 0.1) is 18.1 Å². The Kier molecular flexibility index (Phi) is 3.34. The Bertz CT molecular complexity index is 352. The molecule has 1 rings (SSSR count). The van der Waals surface area contributed by atoms with Crippen molar-refractivity contribution < 1.29 is 27.4 Å². The number of rotatable bonds is 3. The van der Waals surface area contributed by atoms with E-state index < -0.39 is 33.3 Å². The predicted molar refractivity (Wildman–Crippen MR) is 49.7 cm³/mol. The molecule has 2 unspecified atom stereocenters. The van der Waals surface area contributed by atoms with Gasteiger partial charge in [-0.1, -0.05) is 0 Å². The quantitative estimate of drug-likeness (QED) is 0.669. The number of sulfone groups is 1. The van der Waals surface area contributed by atoms with Crippen LogP contribution in [0.5, 0.6) is 0 Å². The summed E-state index contributed by atoms with van der Waals surface area (Å²) in [5.74, 6) is -2.24. The van der Waals surface area contributed by atoms with Crippen LogP contribution in [-0.4, -0.2) is 49.4 Å². The fourth-order valence-corrected chi connectivity index (χ4v) is 3.35. The summed E-state index contributed by atoms with van der Waals surface area (Å²) >= 11 is 0. The monoisotopic (exact) mass is 240 g/mol. The van der Waals surface area contributed by atoms with Crippen LogP contribution in [0.15, 0.2) is 0 Å². The average molecular weight is 240 g/mol. The van der Waals surface area contributed by atoms with Gasteiger partial charge in [-0.3, -0.25) is 0 Å². The zero-order chi connectivity index (χ0) is 11.7. The third-order valence-corrected chi connectivity index (χ3v) is 4.05. The molecule has 0 spiro atoms. The molecule has 1 fully saturated rings. The lowest BCUT2D eigenvalue weighted by Gasteiger charge is -2.23. The lowest BCUT2D eigenvalue weighted by Crippen LogP contribution is -2.46. The molecule has 1 saturated heterocycles. The number of alkyl halides is 1. The fraction of sp³-hybridized carbons (Fsp3) is 0.875. The van der Waals surface area contributed by atoms with Gasteiger partial charge in [-0.25, -0.2) is 17.6 Å². The molecular formula is C8H13FO5S. The number of halogens is 1. The largest absolute Gasteiger partial charge is 0.464 e. The second kappa shape index (κ2) is 4.05. The summed E-state index contributed by atoms with van der Waals surface area (Å²) in [4.78, 5) is 11.0. The number of hydrogen-bond donors (Lipinski definition) is 1. The maximum atomic E-state index is 13.4. The van der Waals surface area contributed by atoms with Gasteiger partial charge in [0.2, 0.25) is 6.17 Å². The minimum atomic E-state index is -3.45. The highest BCUT2D eigenvalue weighted by molar-refractivity contribution is 7.91. The first-order valence-corrected chi connectivity index (χ1v) is 6.36. The second-order valence-corrected chi connectivity index (χ2v) is 5.74. The minimum Gasteiger partial charge on any atom is -0.464 e. The van der Waals surface area contributed by atoms with Gasteiger partial charge < -0.3 is 9.84 Å². The molecule has 0 amide bonds. The first-order chi connectivity index (χ1) is 6.81. The molecule has 2 atom stereocenters. The van der Waals surface area contributed by atoms with Crippen molar-refractivity contribution in [1.29, 1.82) is 0 Å². The van der Waals surface area contributed by atoms with Gasteiger partial charge in [-0.05, 0) is 13.3 Å². The number of esters is 1. The predicted octanol–water partition coefficient (Wildman–Crippen LogP) is -0.563. The van der Waals surface area contributed by atoms with E-state index in [-0.39, 0.29) is 18.8 Å². The van der Waals surface area contributed by atoms with Crippen LogP contribution < -0.4 is 0 Å². The van der Waals surface area contributed by atoms with Gasteiger partial charge in [-0.2, -0.15) is 0 Å². The molecule has 7 heteroatoms. The zero-order valence-electron chi connectivity index (χ0n) is 8.27. The highest BCUT2D eigenvalue weighted by Gasteiger charge is 2.50. The smallest absolute Gasteiger partial charge is 0.343 e. The number of aliphatic hydroxyl groups is 1. The van der Waals surface area contributed by atoms with Gasteiger partial charge in [0.15, 0.2) is 9.84 Å². The summed E-state index contributed by atoms with van der Waals surface area (Å²) in [6.07, 6.45) is -2.57. The van der Waals surface area contributed by atoms with E-state index in [0.29, 0.717) is 0 Å². The van der Waals surface area contributed by atoms with Gasteiger partial charge in [-0.15, -0.1) is 0 Å². The summed E-state index contributed by atoms with van der Waals surface area (Å²) in [7, 11) is -3.45. The Morgan fingerprint density at radius 1 is 1.67 bits per heavy atom. The molecular weight excluding hydrogens is 227 g/mol. The van der Waals surface area contributed by atoms with E-state index in [2.05, 4.69) is 4.74 Å². The normalized spacial score (nSPS) is 31.1. The van der Waals surface area contributed by atoms with Crippen molar-refractivity contribution in [2.24, 2.45) is 0 Å². The van der Waals surface area contributed by atoms with E-state index in [0.717, 1.165) is 0 Å². The van der Waals surface area contributed by atoms with Gasteiger partial charge in [0.25, 0.3) is 0 Å². The number of carbonyl (C=O) groups excluding carboxylic acids is 1. The molecule has 0 bridgehead atoms. The van der Waals surface area contributed by atoms with Gasteiger partial charge in [0.1, 0.15) is 5.60 Å². The first kappa shape index (κ1) is 12.4. The van der Waals surface area contributed by atoms with E-state index in [1.165, 1.54) is 6.92 Å². The highest BCUT2D eigenvalue weighted by Crippen LogP contribution is 2.29. The lowest BCUT2D eigenvalue weighted by molar-refractivity contribution is -0.158. The summed E-state index contributed by atoms with van der Waals surface area (Å²) in [5, 5.41) is 9.64. The van der Waals surface area contributed by atoms with Crippen LogP contribution in [-0.2, 0) is 19.4 Å². The summed E-state index contributed by atoms with van der Waals surface area (Å²) in [5.41, 5.74) is -2.12. The SMILES string of the molecule is CCOC(=O)C(F)C1(O)CCS(=O)(=O)C1. The Balaban J connectivity index is 2.76. The molecule has 0 radical (unpaired) electrons. The molecule has 0 aromatic carbocycles. The maximum absolute atomic E-state index is 13.4. The first-order valence-electron chi connectivity index (χ1n) is 4.54. The van der Waals surface area contributed by atoms with Crippen LogP contribution in [0.1, 0.15) is 13.3 Å². The molecule has 1 aliphatic heterocycles. The molecule has 1 aliphatic rings.